The molecule has 124 valence electrons. The van der Waals surface area contributed by atoms with Crippen molar-refractivity contribution in [1.82, 2.24) is 10.3 Å². The van der Waals surface area contributed by atoms with Crippen molar-refractivity contribution in [3.63, 3.8) is 0 Å². The zero-order chi connectivity index (χ0) is 17.4. The van der Waals surface area contributed by atoms with E-state index in [0.717, 1.165) is 11.6 Å². The number of carbonyl (C=O) groups is 1. The van der Waals surface area contributed by atoms with Crippen molar-refractivity contribution in [2.24, 2.45) is 0 Å². The standard InChI is InChI=1S/C17H13F3N2O2/c18-17(19,20)15-10-4-8-14(22-15)9-5-11-21-16(23)24-12-13-6-2-1-3-7-13/h1-4,6-8,10H,11-12H2,(H,21,23). The number of alkyl halides is 3. The molecule has 2 aromatic rings. The predicted molar refractivity (Wildman–Crippen MR) is 80.7 cm³/mol. The van der Waals surface area contributed by atoms with Crippen LogP contribution in [0, 0.1) is 11.8 Å². The van der Waals surface area contributed by atoms with Gasteiger partial charge in [0.1, 0.15) is 18.0 Å². The number of alkyl carbamates (subject to hydrolysis) is 1. The predicted octanol–water partition coefficient (Wildman–Crippen LogP) is 3.38. The zero-order valence-corrected chi connectivity index (χ0v) is 12.4. The smallest absolute Gasteiger partial charge is 0.433 e. The average molecular weight is 334 g/mol. The van der Waals surface area contributed by atoms with Crippen LogP contribution in [-0.2, 0) is 17.5 Å². The van der Waals surface area contributed by atoms with Gasteiger partial charge in [-0.3, -0.25) is 0 Å². The van der Waals surface area contributed by atoms with E-state index < -0.39 is 18.0 Å². The Morgan fingerprint density at radius 3 is 2.58 bits per heavy atom. The highest BCUT2D eigenvalue weighted by molar-refractivity contribution is 5.67. The molecule has 2 rings (SSSR count). The molecule has 0 bridgehead atoms. The molecule has 0 saturated carbocycles. The second-order valence-electron chi connectivity index (χ2n) is 4.62. The minimum atomic E-state index is -4.52. The molecule has 7 heteroatoms. The molecule has 0 spiro atoms. The Balaban J connectivity index is 1.80. The topological polar surface area (TPSA) is 51.2 Å². The maximum atomic E-state index is 12.5. The number of hydrogen-bond donors (Lipinski definition) is 1. The second kappa shape index (κ2) is 8.02. The fourth-order valence-corrected chi connectivity index (χ4v) is 1.69. The third-order valence-electron chi connectivity index (χ3n) is 2.79. The Bertz CT molecular complexity index is 750. The first-order chi connectivity index (χ1) is 11.4. The number of benzene rings is 1. The second-order valence-corrected chi connectivity index (χ2v) is 4.62. The first-order valence-corrected chi connectivity index (χ1v) is 6.93. The Morgan fingerprint density at radius 2 is 1.88 bits per heavy atom. The first kappa shape index (κ1) is 17.3. The summed E-state index contributed by atoms with van der Waals surface area (Å²) in [6.45, 7) is 0.0564. The van der Waals surface area contributed by atoms with Crippen LogP contribution in [0.25, 0.3) is 0 Å². The minimum absolute atomic E-state index is 0.0238. The Kier molecular flexibility index (Phi) is 5.79. The molecular formula is C17H13F3N2O2. The van der Waals surface area contributed by atoms with E-state index in [2.05, 4.69) is 22.1 Å². The molecule has 1 N–H and O–H groups in total. The van der Waals surface area contributed by atoms with Crippen molar-refractivity contribution in [2.75, 3.05) is 6.54 Å². The number of pyridine rings is 1. The van der Waals surface area contributed by atoms with Crippen LogP contribution >= 0.6 is 0 Å². The highest BCUT2D eigenvalue weighted by Crippen LogP contribution is 2.27. The molecule has 1 heterocycles. The van der Waals surface area contributed by atoms with Gasteiger partial charge in [0.15, 0.2) is 0 Å². The lowest BCUT2D eigenvalue weighted by Crippen LogP contribution is -2.24. The van der Waals surface area contributed by atoms with Gasteiger partial charge in [-0.2, -0.15) is 13.2 Å². The van der Waals surface area contributed by atoms with Gasteiger partial charge in [-0.05, 0) is 23.6 Å². The van der Waals surface area contributed by atoms with E-state index in [-0.39, 0.29) is 18.8 Å². The highest BCUT2D eigenvalue weighted by Gasteiger charge is 2.32. The van der Waals surface area contributed by atoms with Crippen LogP contribution < -0.4 is 5.32 Å². The van der Waals surface area contributed by atoms with Gasteiger partial charge in [0, 0.05) is 0 Å². The summed E-state index contributed by atoms with van der Waals surface area (Å²) in [5, 5.41) is 2.38. The quantitative estimate of drug-likeness (QED) is 0.876. The number of ether oxygens (including phenoxy) is 1. The van der Waals surface area contributed by atoms with Crippen molar-refractivity contribution in [2.45, 2.75) is 12.8 Å². The molecule has 1 aromatic heterocycles. The molecule has 0 aliphatic rings. The summed E-state index contributed by atoms with van der Waals surface area (Å²) < 4.78 is 42.5. The van der Waals surface area contributed by atoms with Gasteiger partial charge in [0.25, 0.3) is 0 Å². The van der Waals surface area contributed by atoms with E-state index in [9.17, 15) is 18.0 Å². The summed E-state index contributed by atoms with van der Waals surface area (Å²) >= 11 is 0. The Labute approximate surface area is 136 Å². The van der Waals surface area contributed by atoms with Crippen LogP contribution in [0.1, 0.15) is 17.0 Å². The summed E-state index contributed by atoms with van der Waals surface area (Å²) in [6, 6.07) is 12.6. The fourth-order valence-electron chi connectivity index (χ4n) is 1.69. The van der Waals surface area contributed by atoms with Gasteiger partial charge in [0.05, 0.1) is 6.54 Å². The maximum absolute atomic E-state index is 12.5. The molecule has 1 aromatic carbocycles. The molecular weight excluding hydrogens is 321 g/mol. The lowest BCUT2D eigenvalue weighted by Gasteiger charge is -2.05. The number of rotatable bonds is 3. The lowest BCUT2D eigenvalue weighted by molar-refractivity contribution is -0.141. The SMILES string of the molecule is O=C(NCC#Cc1cccc(C(F)(F)F)n1)OCc1ccccc1. The van der Waals surface area contributed by atoms with E-state index in [1.54, 1.807) is 0 Å². The normalized spacial score (nSPS) is 10.5. The fraction of sp³-hybridized carbons (Fsp3) is 0.176. The van der Waals surface area contributed by atoms with Crippen LogP contribution in [0.3, 0.4) is 0 Å². The molecule has 4 nitrogen and oxygen atoms in total. The molecule has 0 atom stereocenters. The van der Waals surface area contributed by atoms with Gasteiger partial charge >= 0.3 is 12.3 Å². The van der Waals surface area contributed by atoms with Gasteiger partial charge < -0.3 is 10.1 Å². The van der Waals surface area contributed by atoms with Gasteiger partial charge in [-0.25, -0.2) is 9.78 Å². The number of nitrogens with zero attached hydrogens (tertiary/aromatic N) is 1. The monoisotopic (exact) mass is 334 g/mol. The third-order valence-corrected chi connectivity index (χ3v) is 2.79. The minimum Gasteiger partial charge on any atom is -0.445 e. The highest BCUT2D eigenvalue weighted by atomic mass is 19.4. The molecule has 0 unspecified atom stereocenters. The van der Waals surface area contributed by atoms with Gasteiger partial charge in [-0.1, -0.05) is 42.3 Å². The molecule has 0 aliphatic carbocycles. The summed E-state index contributed by atoms with van der Waals surface area (Å²) in [6.07, 6.45) is -5.18. The largest absolute Gasteiger partial charge is 0.445 e. The molecule has 0 fully saturated rings. The summed E-state index contributed by atoms with van der Waals surface area (Å²) in [5.74, 6) is 4.97. The van der Waals surface area contributed by atoms with Crippen LogP contribution in [0.4, 0.5) is 18.0 Å². The van der Waals surface area contributed by atoms with Gasteiger partial charge in [0.2, 0.25) is 0 Å². The van der Waals surface area contributed by atoms with Crippen molar-refractivity contribution >= 4 is 6.09 Å². The molecule has 1 amide bonds. The number of nitrogens with one attached hydrogen (secondary N) is 1. The number of amides is 1. The van der Waals surface area contributed by atoms with Crippen LogP contribution in [0.15, 0.2) is 48.5 Å². The number of halogens is 3. The Morgan fingerprint density at radius 1 is 1.12 bits per heavy atom. The average Bonchev–Trinajstić information content (AvgIpc) is 2.57. The zero-order valence-electron chi connectivity index (χ0n) is 12.4. The van der Waals surface area contributed by atoms with Crippen molar-refractivity contribution in [3.8, 4) is 11.8 Å². The van der Waals surface area contributed by atoms with Crippen molar-refractivity contribution in [1.29, 1.82) is 0 Å². The maximum Gasteiger partial charge on any atom is 0.433 e. The van der Waals surface area contributed by atoms with Crippen molar-refractivity contribution in [3.05, 3.63) is 65.5 Å². The molecule has 0 saturated heterocycles. The Hall–Kier alpha value is -3.01. The van der Waals surface area contributed by atoms with Gasteiger partial charge in [-0.15, -0.1) is 0 Å². The van der Waals surface area contributed by atoms with E-state index in [1.807, 2.05) is 30.3 Å². The van der Waals surface area contributed by atoms with Crippen molar-refractivity contribution < 1.29 is 22.7 Å². The third kappa shape index (κ3) is 5.65. The molecule has 0 aliphatic heterocycles. The van der Waals surface area contributed by atoms with Crippen LogP contribution in [-0.4, -0.2) is 17.6 Å². The number of hydrogen-bond acceptors (Lipinski definition) is 3. The lowest BCUT2D eigenvalue weighted by atomic mass is 10.2. The van der Waals surface area contributed by atoms with Crippen LogP contribution in [0.5, 0.6) is 0 Å². The van der Waals surface area contributed by atoms with E-state index in [0.29, 0.717) is 0 Å². The number of aromatic nitrogens is 1. The summed E-state index contributed by atoms with van der Waals surface area (Å²) in [4.78, 5) is 14.8. The van der Waals surface area contributed by atoms with E-state index in [1.165, 1.54) is 12.1 Å². The van der Waals surface area contributed by atoms with E-state index >= 15 is 0 Å². The number of carbonyl (C=O) groups excluding carboxylic acids is 1. The first-order valence-electron chi connectivity index (χ1n) is 6.93. The van der Waals surface area contributed by atoms with Crippen LogP contribution in [0.2, 0.25) is 0 Å². The molecule has 24 heavy (non-hydrogen) atoms. The van der Waals surface area contributed by atoms with E-state index in [4.69, 9.17) is 4.74 Å². The molecule has 0 radical (unpaired) electrons. The summed E-state index contributed by atoms with van der Waals surface area (Å²) in [7, 11) is 0. The summed E-state index contributed by atoms with van der Waals surface area (Å²) in [5.41, 5.74) is -0.194.